The van der Waals surface area contributed by atoms with Gasteiger partial charge in [-0.3, -0.25) is 0 Å². The number of aromatic nitrogens is 1. The molecule has 3 heteroatoms. The second-order valence-corrected chi connectivity index (χ2v) is 6.40. The van der Waals surface area contributed by atoms with Gasteiger partial charge in [0.2, 0.25) is 5.52 Å². The Morgan fingerprint density at radius 3 is 3.00 bits per heavy atom. The van der Waals surface area contributed by atoms with Gasteiger partial charge in [0.15, 0.2) is 5.69 Å². The molecule has 0 aliphatic heterocycles. The first-order valence-corrected chi connectivity index (χ1v) is 7.78. The summed E-state index contributed by atoms with van der Waals surface area (Å²) in [6, 6.07) is 4.83. The van der Waals surface area contributed by atoms with E-state index in [-0.39, 0.29) is 5.82 Å². The minimum Gasteiger partial charge on any atom is -0.398 e. The van der Waals surface area contributed by atoms with E-state index in [9.17, 15) is 4.39 Å². The highest BCUT2D eigenvalue weighted by Crippen LogP contribution is 2.46. The Morgan fingerprint density at radius 1 is 1.33 bits per heavy atom. The van der Waals surface area contributed by atoms with Gasteiger partial charge < -0.3 is 5.73 Å². The van der Waals surface area contributed by atoms with Crippen molar-refractivity contribution in [2.45, 2.75) is 38.5 Å². The maximum absolute atomic E-state index is 13.5. The Bertz CT molecular complexity index is 763. The van der Waals surface area contributed by atoms with Crippen LogP contribution in [0.3, 0.4) is 0 Å². The molecule has 2 atom stereocenters. The molecule has 0 fully saturated rings. The number of anilines is 1. The topological polar surface area (TPSA) is 40.2 Å². The van der Waals surface area contributed by atoms with Crippen LogP contribution in [0.5, 0.6) is 0 Å². The van der Waals surface area contributed by atoms with Crippen molar-refractivity contribution in [2.24, 2.45) is 5.92 Å². The molecule has 2 bridgehead atoms. The van der Waals surface area contributed by atoms with E-state index in [0.717, 1.165) is 35.9 Å². The monoisotopic (exact) mass is 283 g/mol. The minimum absolute atomic E-state index is 0.220. The van der Waals surface area contributed by atoms with Crippen molar-refractivity contribution in [1.82, 2.24) is 0 Å². The van der Waals surface area contributed by atoms with Gasteiger partial charge in [0.1, 0.15) is 5.82 Å². The quantitative estimate of drug-likeness (QED) is 0.795. The molecule has 3 N–H and O–H groups in total. The zero-order chi connectivity index (χ0) is 14.6. The Hall–Kier alpha value is -1.90. The van der Waals surface area contributed by atoms with Crippen molar-refractivity contribution in [3.8, 4) is 0 Å². The summed E-state index contributed by atoms with van der Waals surface area (Å²) in [5.74, 6) is 0.902. The van der Waals surface area contributed by atoms with Gasteiger partial charge in [-0.05, 0) is 43.2 Å². The maximum Gasteiger partial charge on any atom is 0.216 e. The lowest BCUT2D eigenvalue weighted by molar-refractivity contribution is -0.360. The van der Waals surface area contributed by atoms with Gasteiger partial charge in [-0.2, -0.15) is 0 Å². The van der Waals surface area contributed by atoms with E-state index in [1.54, 1.807) is 17.7 Å². The number of nitrogen functional groups attached to an aromatic ring is 1. The highest BCUT2D eigenvalue weighted by molar-refractivity contribution is 5.90. The predicted molar refractivity (Wildman–Crippen MR) is 82.4 cm³/mol. The number of aromatic amines is 1. The molecule has 21 heavy (non-hydrogen) atoms. The second kappa shape index (κ2) is 4.55. The van der Waals surface area contributed by atoms with Crippen LogP contribution in [-0.4, -0.2) is 0 Å². The van der Waals surface area contributed by atoms with Crippen LogP contribution in [0.25, 0.3) is 10.9 Å². The highest BCUT2D eigenvalue weighted by Gasteiger charge is 2.36. The van der Waals surface area contributed by atoms with Crippen LogP contribution in [-0.2, 0) is 6.42 Å². The number of nitrogens with two attached hydrogens (primary N) is 1. The van der Waals surface area contributed by atoms with E-state index in [2.05, 4.69) is 18.0 Å². The van der Waals surface area contributed by atoms with Crippen molar-refractivity contribution >= 4 is 16.6 Å². The number of allylic oxidation sites excluding steroid dienone is 2. The van der Waals surface area contributed by atoms with Crippen molar-refractivity contribution in [2.75, 3.05) is 5.73 Å². The van der Waals surface area contributed by atoms with Crippen LogP contribution < -0.4 is 10.7 Å². The molecule has 2 nitrogen and oxygen atoms in total. The van der Waals surface area contributed by atoms with Crippen LogP contribution in [0.15, 0.2) is 29.8 Å². The highest BCUT2D eigenvalue weighted by atomic mass is 19.1. The molecule has 0 radical (unpaired) electrons. The van der Waals surface area contributed by atoms with Gasteiger partial charge in [-0.15, -0.1) is 0 Å². The molecule has 0 saturated heterocycles. The molecule has 2 aliphatic carbocycles. The number of halogens is 1. The van der Waals surface area contributed by atoms with E-state index >= 15 is 0 Å². The minimum atomic E-state index is -0.220. The fourth-order valence-electron chi connectivity index (χ4n) is 4.14. The van der Waals surface area contributed by atoms with E-state index in [4.69, 9.17) is 5.73 Å². The largest absolute Gasteiger partial charge is 0.398 e. The molecule has 2 aromatic rings. The third-order valence-electron chi connectivity index (χ3n) is 5.07. The van der Waals surface area contributed by atoms with Crippen LogP contribution in [0.1, 0.15) is 43.4 Å². The molecule has 2 aliphatic rings. The van der Waals surface area contributed by atoms with E-state index in [1.807, 2.05) is 0 Å². The number of pyridine rings is 1. The Kier molecular flexibility index (Phi) is 2.78. The summed E-state index contributed by atoms with van der Waals surface area (Å²) in [7, 11) is 0. The summed E-state index contributed by atoms with van der Waals surface area (Å²) in [6.07, 6.45) is 6.88. The summed E-state index contributed by atoms with van der Waals surface area (Å²) in [4.78, 5) is 3.44. The molecule has 4 rings (SSSR count). The van der Waals surface area contributed by atoms with E-state index < -0.39 is 0 Å². The standard InChI is InChI=1S/C18H19FN2/c1-2-10-5-11-7-12(6-10)17-16(8-11)21-15-9-13(19)3-4-14(15)18(17)20/h3-5,9,11-12H,2,6-8H2,1H3,(H2,20,21)/p+1/t11-,12+/m0/s1. The first kappa shape index (κ1) is 12.8. The Labute approximate surface area is 123 Å². The molecule has 0 unspecified atom stereocenters. The van der Waals surface area contributed by atoms with Gasteiger partial charge >= 0.3 is 0 Å². The number of nitrogens with one attached hydrogen (secondary N) is 1. The summed E-state index contributed by atoms with van der Waals surface area (Å²) in [5, 5.41) is 0.946. The third-order valence-corrected chi connectivity index (χ3v) is 5.07. The summed E-state index contributed by atoms with van der Waals surface area (Å²) in [6.45, 7) is 2.23. The molecule has 0 saturated carbocycles. The van der Waals surface area contributed by atoms with E-state index in [1.165, 1.54) is 23.7 Å². The predicted octanol–water partition coefficient (Wildman–Crippen LogP) is 3.76. The first-order valence-electron chi connectivity index (χ1n) is 7.78. The molecule has 1 aromatic heterocycles. The first-order chi connectivity index (χ1) is 10.2. The van der Waals surface area contributed by atoms with Crippen molar-refractivity contribution in [1.29, 1.82) is 0 Å². The third kappa shape index (κ3) is 1.95. The Balaban J connectivity index is 1.92. The van der Waals surface area contributed by atoms with Crippen LogP contribution >= 0.6 is 0 Å². The number of hydrogen-bond acceptors (Lipinski definition) is 1. The smallest absolute Gasteiger partial charge is 0.216 e. The molecule has 108 valence electrons. The van der Waals surface area contributed by atoms with Gasteiger partial charge in [0.05, 0.1) is 11.1 Å². The van der Waals surface area contributed by atoms with Crippen LogP contribution in [0.4, 0.5) is 10.1 Å². The number of rotatable bonds is 1. The van der Waals surface area contributed by atoms with Crippen molar-refractivity contribution in [3.05, 3.63) is 46.9 Å². The SMILES string of the molecule is CCC1=C[C@@H]2Cc3[nH+]c4cc(F)ccc4c(N)c3[C@H](C1)C2. The lowest BCUT2D eigenvalue weighted by Gasteiger charge is -2.33. The number of benzene rings is 1. The van der Waals surface area contributed by atoms with Crippen molar-refractivity contribution < 1.29 is 9.37 Å². The normalized spacial score (nSPS) is 23.8. The van der Waals surface area contributed by atoms with E-state index in [0.29, 0.717) is 11.8 Å². The van der Waals surface area contributed by atoms with Gasteiger partial charge in [-0.1, -0.05) is 18.6 Å². The number of H-pyrrole nitrogens is 1. The molecule has 1 aromatic carbocycles. The molecular weight excluding hydrogens is 263 g/mol. The second-order valence-electron chi connectivity index (χ2n) is 6.40. The summed E-state index contributed by atoms with van der Waals surface area (Å²) >= 11 is 0. The summed E-state index contributed by atoms with van der Waals surface area (Å²) in [5.41, 5.74) is 12.2. The fraction of sp³-hybridized carbons (Fsp3) is 0.389. The number of hydrogen-bond donors (Lipinski definition) is 1. The summed E-state index contributed by atoms with van der Waals surface area (Å²) < 4.78 is 13.5. The van der Waals surface area contributed by atoms with Gasteiger partial charge in [0, 0.05) is 18.1 Å². The molecule has 0 spiro atoms. The maximum atomic E-state index is 13.5. The molecule has 0 amide bonds. The van der Waals surface area contributed by atoms with Gasteiger partial charge in [0.25, 0.3) is 0 Å². The molecule has 1 heterocycles. The van der Waals surface area contributed by atoms with Crippen LogP contribution in [0, 0.1) is 11.7 Å². The lowest BCUT2D eigenvalue weighted by atomic mass is 9.70. The van der Waals surface area contributed by atoms with Gasteiger partial charge in [-0.25, -0.2) is 9.37 Å². The zero-order valence-corrected chi connectivity index (χ0v) is 12.2. The molecular formula is C18H20FN2+. The van der Waals surface area contributed by atoms with Crippen molar-refractivity contribution in [3.63, 3.8) is 0 Å². The van der Waals surface area contributed by atoms with Crippen LogP contribution in [0.2, 0.25) is 0 Å². The lowest BCUT2D eigenvalue weighted by Crippen LogP contribution is -2.30. The average molecular weight is 283 g/mol. The average Bonchev–Trinajstić information content (AvgIpc) is 2.46. The number of fused-ring (bicyclic) bond motifs is 5. The fourth-order valence-corrected chi connectivity index (χ4v) is 4.14. The Morgan fingerprint density at radius 2 is 2.19 bits per heavy atom. The zero-order valence-electron chi connectivity index (χ0n) is 12.2.